The van der Waals surface area contributed by atoms with Crippen LogP contribution in [0.25, 0.3) is 0 Å². The Morgan fingerprint density at radius 2 is 1.60 bits per heavy atom. The Hall–Kier alpha value is -1.12. The van der Waals surface area contributed by atoms with Gasteiger partial charge in [-0.3, -0.25) is 0 Å². The first-order valence-electron chi connectivity index (χ1n) is 7.17. The van der Waals surface area contributed by atoms with Crippen LogP contribution >= 0.6 is 15.9 Å². The molecule has 1 aliphatic rings. The fourth-order valence-corrected chi connectivity index (χ4v) is 3.69. The van der Waals surface area contributed by atoms with Crippen molar-refractivity contribution in [3.05, 3.63) is 69.7 Å². The van der Waals surface area contributed by atoms with Gasteiger partial charge in [0.05, 0.1) is 0 Å². The second-order valence-electron chi connectivity index (χ2n) is 5.77. The first-order valence-corrected chi connectivity index (χ1v) is 7.97. The van der Waals surface area contributed by atoms with Gasteiger partial charge in [0.1, 0.15) is 5.60 Å². The van der Waals surface area contributed by atoms with Crippen molar-refractivity contribution in [3.63, 3.8) is 0 Å². The van der Waals surface area contributed by atoms with E-state index in [-0.39, 0.29) is 0 Å². The smallest absolute Gasteiger partial charge is 0.113 e. The molecule has 2 heteroatoms. The normalized spacial score (nSPS) is 18.4. The molecule has 1 atom stereocenters. The molecule has 1 N–H and O–H groups in total. The maximum atomic E-state index is 11.2. The fraction of sp³-hybridized carbons (Fsp3) is 0.333. The standard InChI is InChI=1S/C18H19BrO/c1-18(20,16-11-4-5-12-17(16)19)15-10-3-2-9-14(15)13-7-6-8-13/h2-5,9-13,20H,6-8H2,1H3. The van der Waals surface area contributed by atoms with Gasteiger partial charge in [-0.1, -0.05) is 64.8 Å². The van der Waals surface area contributed by atoms with Gasteiger partial charge in [0.25, 0.3) is 0 Å². The van der Waals surface area contributed by atoms with Gasteiger partial charge in [-0.25, -0.2) is 0 Å². The lowest BCUT2D eigenvalue weighted by Crippen LogP contribution is -2.27. The molecular weight excluding hydrogens is 312 g/mol. The second-order valence-corrected chi connectivity index (χ2v) is 6.62. The molecule has 2 aromatic carbocycles. The molecule has 0 radical (unpaired) electrons. The topological polar surface area (TPSA) is 20.2 Å². The Bertz CT molecular complexity index is 614. The predicted molar refractivity (Wildman–Crippen MR) is 85.8 cm³/mol. The molecule has 0 spiro atoms. The molecule has 0 bridgehead atoms. The number of hydrogen-bond donors (Lipinski definition) is 1. The van der Waals surface area contributed by atoms with Crippen molar-refractivity contribution in [2.45, 2.75) is 37.7 Å². The summed E-state index contributed by atoms with van der Waals surface area (Å²) in [5, 5.41) is 11.2. The number of aliphatic hydroxyl groups is 1. The van der Waals surface area contributed by atoms with Crippen LogP contribution in [0.15, 0.2) is 53.0 Å². The molecule has 1 nitrogen and oxygen atoms in total. The monoisotopic (exact) mass is 330 g/mol. The minimum Gasteiger partial charge on any atom is -0.381 e. The van der Waals surface area contributed by atoms with Crippen molar-refractivity contribution in [3.8, 4) is 0 Å². The molecule has 0 aliphatic heterocycles. The average molecular weight is 331 g/mol. The highest BCUT2D eigenvalue weighted by Gasteiger charge is 2.33. The minimum atomic E-state index is -0.966. The highest BCUT2D eigenvalue weighted by molar-refractivity contribution is 9.10. The first-order chi connectivity index (χ1) is 9.60. The number of halogens is 1. The van der Waals surface area contributed by atoms with Crippen LogP contribution in [0.4, 0.5) is 0 Å². The fourth-order valence-electron chi connectivity index (χ4n) is 3.02. The predicted octanol–water partition coefficient (Wildman–Crippen LogP) is 4.97. The third-order valence-corrected chi connectivity index (χ3v) is 5.12. The van der Waals surface area contributed by atoms with Crippen LogP contribution in [0.2, 0.25) is 0 Å². The number of hydrogen-bond acceptors (Lipinski definition) is 1. The third kappa shape index (κ3) is 2.32. The van der Waals surface area contributed by atoms with Crippen LogP contribution in [0.3, 0.4) is 0 Å². The van der Waals surface area contributed by atoms with Gasteiger partial charge >= 0.3 is 0 Å². The van der Waals surface area contributed by atoms with Crippen molar-refractivity contribution in [2.75, 3.05) is 0 Å². The zero-order valence-corrected chi connectivity index (χ0v) is 13.2. The van der Waals surface area contributed by atoms with Crippen molar-refractivity contribution >= 4 is 15.9 Å². The molecule has 0 aromatic heterocycles. The van der Waals surface area contributed by atoms with Crippen molar-refractivity contribution < 1.29 is 5.11 Å². The van der Waals surface area contributed by atoms with Crippen LogP contribution in [-0.4, -0.2) is 5.11 Å². The SMILES string of the molecule is CC(O)(c1ccccc1Br)c1ccccc1C1CCC1. The lowest BCUT2D eigenvalue weighted by Gasteiger charge is -2.34. The number of rotatable bonds is 3. The van der Waals surface area contributed by atoms with E-state index >= 15 is 0 Å². The molecule has 0 saturated heterocycles. The van der Waals surface area contributed by atoms with E-state index in [4.69, 9.17) is 0 Å². The van der Waals surface area contributed by atoms with Gasteiger partial charge in [0, 0.05) is 10.0 Å². The minimum absolute atomic E-state index is 0.611. The zero-order valence-electron chi connectivity index (χ0n) is 11.6. The Morgan fingerprint density at radius 1 is 1.00 bits per heavy atom. The quantitative estimate of drug-likeness (QED) is 0.842. The number of benzene rings is 2. The highest BCUT2D eigenvalue weighted by atomic mass is 79.9. The molecule has 1 unspecified atom stereocenters. The van der Waals surface area contributed by atoms with E-state index in [9.17, 15) is 5.11 Å². The van der Waals surface area contributed by atoms with E-state index in [1.165, 1.54) is 24.8 Å². The summed E-state index contributed by atoms with van der Waals surface area (Å²) in [5.74, 6) is 0.611. The molecule has 0 amide bonds. The van der Waals surface area contributed by atoms with E-state index in [2.05, 4.69) is 34.1 Å². The van der Waals surface area contributed by atoms with Gasteiger partial charge in [-0.2, -0.15) is 0 Å². The Kier molecular flexibility index (Phi) is 3.70. The van der Waals surface area contributed by atoms with Crippen molar-refractivity contribution in [1.29, 1.82) is 0 Å². The van der Waals surface area contributed by atoms with Gasteiger partial charge < -0.3 is 5.11 Å². The lowest BCUT2D eigenvalue weighted by atomic mass is 9.74. The Balaban J connectivity index is 2.09. The zero-order chi connectivity index (χ0) is 14.2. The summed E-state index contributed by atoms with van der Waals surface area (Å²) in [6.07, 6.45) is 3.78. The van der Waals surface area contributed by atoms with Crippen LogP contribution in [0.1, 0.15) is 48.8 Å². The lowest BCUT2D eigenvalue weighted by molar-refractivity contribution is 0.0993. The molecule has 2 aromatic rings. The van der Waals surface area contributed by atoms with Gasteiger partial charge in [-0.15, -0.1) is 0 Å². The summed E-state index contributed by atoms with van der Waals surface area (Å²) in [6.45, 7) is 1.89. The summed E-state index contributed by atoms with van der Waals surface area (Å²) in [4.78, 5) is 0. The highest BCUT2D eigenvalue weighted by Crippen LogP contribution is 2.43. The largest absolute Gasteiger partial charge is 0.381 e. The summed E-state index contributed by atoms with van der Waals surface area (Å²) in [5.41, 5.74) is 2.30. The Morgan fingerprint density at radius 3 is 2.20 bits per heavy atom. The second kappa shape index (κ2) is 5.34. The summed E-state index contributed by atoms with van der Waals surface area (Å²) >= 11 is 3.56. The molecule has 20 heavy (non-hydrogen) atoms. The first kappa shape index (κ1) is 13.8. The van der Waals surface area contributed by atoms with E-state index in [0.29, 0.717) is 5.92 Å². The summed E-state index contributed by atoms with van der Waals surface area (Å²) in [6, 6.07) is 16.2. The van der Waals surface area contributed by atoms with Gasteiger partial charge in [-0.05, 0) is 42.9 Å². The molecule has 1 saturated carbocycles. The average Bonchev–Trinajstić information content (AvgIpc) is 2.37. The molecule has 1 aliphatic carbocycles. The van der Waals surface area contributed by atoms with E-state index in [0.717, 1.165) is 15.6 Å². The molecule has 104 valence electrons. The maximum absolute atomic E-state index is 11.2. The maximum Gasteiger partial charge on any atom is 0.113 e. The van der Waals surface area contributed by atoms with E-state index < -0.39 is 5.60 Å². The summed E-state index contributed by atoms with van der Waals surface area (Å²) in [7, 11) is 0. The van der Waals surface area contributed by atoms with Crippen LogP contribution in [0, 0.1) is 0 Å². The molecule has 0 heterocycles. The van der Waals surface area contributed by atoms with Gasteiger partial charge in [0.2, 0.25) is 0 Å². The van der Waals surface area contributed by atoms with Gasteiger partial charge in [0.15, 0.2) is 0 Å². The molecule has 1 fully saturated rings. The van der Waals surface area contributed by atoms with E-state index in [1.54, 1.807) is 0 Å². The van der Waals surface area contributed by atoms with Crippen LogP contribution < -0.4 is 0 Å². The summed E-state index contributed by atoms with van der Waals surface area (Å²) < 4.78 is 0.952. The van der Waals surface area contributed by atoms with Crippen LogP contribution in [-0.2, 0) is 5.60 Å². The van der Waals surface area contributed by atoms with E-state index in [1.807, 2.05) is 37.3 Å². The molecule has 3 rings (SSSR count). The van der Waals surface area contributed by atoms with Crippen molar-refractivity contribution in [2.24, 2.45) is 0 Å². The van der Waals surface area contributed by atoms with Crippen molar-refractivity contribution in [1.82, 2.24) is 0 Å². The Labute approximate surface area is 128 Å². The molecular formula is C18H19BrO. The van der Waals surface area contributed by atoms with Crippen LogP contribution in [0.5, 0.6) is 0 Å². The third-order valence-electron chi connectivity index (χ3n) is 4.43.